The summed E-state index contributed by atoms with van der Waals surface area (Å²) in [5.41, 5.74) is 0. The van der Waals surface area contributed by atoms with Gasteiger partial charge in [0.05, 0.1) is 11.7 Å². The molecule has 0 amide bonds. The normalized spacial score (nSPS) is 17.7. The lowest BCUT2D eigenvalue weighted by molar-refractivity contribution is 0.553. The molecule has 0 radical (unpaired) electrons. The summed E-state index contributed by atoms with van der Waals surface area (Å²) < 4.78 is 0. The van der Waals surface area contributed by atoms with Crippen LogP contribution in [0.15, 0.2) is 9.98 Å². The number of unbranched alkanes of at least 4 members (excludes halogenated alkanes) is 9. The van der Waals surface area contributed by atoms with E-state index in [-0.39, 0.29) is 0 Å². The van der Waals surface area contributed by atoms with Crippen molar-refractivity contribution in [3.05, 3.63) is 0 Å². The van der Waals surface area contributed by atoms with Gasteiger partial charge in [0.2, 0.25) is 0 Å². The van der Waals surface area contributed by atoms with Gasteiger partial charge in [-0.2, -0.15) is 0 Å². The van der Waals surface area contributed by atoms with E-state index >= 15 is 0 Å². The molecule has 0 unspecified atom stereocenters. The molecule has 138 valence electrons. The van der Waals surface area contributed by atoms with Crippen molar-refractivity contribution in [3.63, 3.8) is 0 Å². The summed E-state index contributed by atoms with van der Waals surface area (Å²) in [5, 5.41) is 6.83. The lowest BCUT2D eigenvalue weighted by Gasteiger charge is -2.14. The predicted molar refractivity (Wildman–Crippen MR) is 105 cm³/mol. The van der Waals surface area contributed by atoms with E-state index in [1.807, 2.05) is 0 Å². The van der Waals surface area contributed by atoms with Crippen LogP contribution >= 0.6 is 0 Å². The summed E-state index contributed by atoms with van der Waals surface area (Å²) in [6.07, 6.45) is 18.6. The lowest BCUT2D eigenvalue weighted by Crippen LogP contribution is -2.29. The molecule has 24 heavy (non-hydrogen) atoms. The van der Waals surface area contributed by atoms with Gasteiger partial charge >= 0.3 is 0 Å². The zero-order valence-electron chi connectivity index (χ0n) is 15.6. The average molecular weight is 335 g/mol. The molecule has 2 rings (SSSR count). The van der Waals surface area contributed by atoms with Crippen LogP contribution in [0, 0.1) is 0 Å². The fraction of sp³-hybridized carbons (Fsp3) is 0.900. The summed E-state index contributed by atoms with van der Waals surface area (Å²) in [5.74, 6) is 2.52. The number of rotatable bonds is 13. The van der Waals surface area contributed by atoms with Gasteiger partial charge in [0.15, 0.2) is 0 Å². The van der Waals surface area contributed by atoms with Gasteiger partial charge in [-0.15, -0.1) is 0 Å². The van der Waals surface area contributed by atoms with Crippen molar-refractivity contribution in [3.8, 4) is 0 Å². The molecule has 0 aromatic heterocycles. The van der Waals surface area contributed by atoms with E-state index < -0.39 is 0 Å². The third-order valence-corrected chi connectivity index (χ3v) is 5.01. The Balaban J connectivity index is 1.28. The molecule has 0 spiro atoms. The molecule has 0 aromatic carbocycles. The van der Waals surface area contributed by atoms with Gasteiger partial charge in [-0.1, -0.05) is 51.4 Å². The van der Waals surface area contributed by atoms with Crippen LogP contribution in [0.3, 0.4) is 0 Å². The topological polar surface area (TPSA) is 48.8 Å². The van der Waals surface area contributed by atoms with Gasteiger partial charge in [0.1, 0.15) is 0 Å². The summed E-state index contributed by atoms with van der Waals surface area (Å²) in [7, 11) is 0. The Morgan fingerprint density at radius 2 is 0.917 bits per heavy atom. The van der Waals surface area contributed by atoms with Crippen LogP contribution in [0.5, 0.6) is 0 Å². The van der Waals surface area contributed by atoms with E-state index in [0.717, 1.165) is 26.2 Å². The minimum absolute atomic E-state index is 1.03. The highest BCUT2D eigenvalue weighted by Gasteiger charge is 2.04. The minimum atomic E-state index is 1.03. The second-order valence-corrected chi connectivity index (χ2v) is 7.25. The SMILES string of the molecule is C(CCCCCCC1=NCCCN1)CCCCCC1=NCCCN1. The maximum Gasteiger partial charge on any atom is 0.0963 e. The van der Waals surface area contributed by atoms with Crippen LogP contribution in [-0.4, -0.2) is 37.9 Å². The van der Waals surface area contributed by atoms with Crippen LogP contribution in [0.1, 0.15) is 89.9 Å². The first-order valence-corrected chi connectivity index (χ1v) is 10.5. The molecule has 4 heteroatoms. The average Bonchev–Trinajstić information content (AvgIpc) is 2.64. The van der Waals surface area contributed by atoms with Crippen molar-refractivity contribution in [1.29, 1.82) is 0 Å². The Labute approximate surface area is 149 Å². The number of hydrogen-bond donors (Lipinski definition) is 2. The van der Waals surface area contributed by atoms with Crippen molar-refractivity contribution in [1.82, 2.24) is 10.6 Å². The maximum absolute atomic E-state index is 4.54. The van der Waals surface area contributed by atoms with Gasteiger partial charge < -0.3 is 10.6 Å². The van der Waals surface area contributed by atoms with Crippen LogP contribution in [0.2, 0.25) is 0 Å². The Hall–Kier alpha value is -1.06. The van der Waals surface area contributed by atoms with Gasteiger partial charge in [-0.3, -0.25) is 9.98 Å². The molecule has 2 aliphatic heterocycles. The maximum atomic E-state index is 4.54. The van der Waals surface area contributed by atoms with Crippen molar-refractivity contribution < 1.29 is 0 Å². The second kappa shape index (κ2) is 13.3. The number of amidine groups is 2. The van der Waals surface area contributed by atoms with Crippen LogP contribution in [0.4, 0.5) is 0 Å². The van der Waals surface area contributed by atoms with Gasteiger partial charge in [-0.25, -0.2) is 0 Å². The molecule has 0 aromatic rings. The van der Waals surface area contributed by atoms with Gasteiger partial charge in [0.25, 0.3) is 0 Å². The third-order valence-electron chi connectivity index (χ3n) is 5.01. The van der Waals surface area contributed by atoms with E-state index in [1.165, 1.54) is 102 Å². The van der Waals surface area contributed by atoms with E-state index in [2.05, 4.69) is 20.6 Å². The van der Waals surface area contributed by atoms with Gasteiger partial charge in [0, 0.05) is 39.0 Å². The van der Waals surface area contributed by atoms with E-state index in [0.29, 0.717) is 0 Å². The first-order chi connectivity index (χ1) is 11.9. The van der Waals surface area contributed by atoms with Crippen LogP contribution in [-0.2, 0) is 0 Å². The van der Waals surface area contributed by atoms with E-state index in [4.69, 9.17) is 0 Å². The highest BCUT2D eigenvalue weighted by molar-refractivity contribution is 5.82. The molecule has 0 fully saturated rings. The Bertz CT molecular complexity index is 340. The standard InChI is InChI=1S/C20H38N4/c1(3-5-7-9-13-19-21-15-11-16-22-19)2-4-6-8-10-14-20-23-17-12-18-24-20/h1-18H2,(H,21,22)(H,23,24). The Morgan fingerprint density at radius 3 is 1.25 bits per heavy atom. The summed E-state index contributed by atoms with van der Waals surface area (Å²) in [6.45, 7) is 4.33. The molecule has 0 bridgehead atoms. The van der Waals surface area contributed by atoms with E-state index in [1.54, 1.807) is 0 Å². The van der Waals surface area contributed by atoms with Crippen LogP contribution in [0.25, 0.3) is 0 Å². The minimum Gasteiger partial charge on any atom is -0.374 e. The zero-order valence-corrected chi connectivity index (χ0v) is 15.6. The Morgan fingerprint density at radius 1 is 0.542 bits per heavy atom. The summed E-state index contributed by atoms with van der Waals surface area (Å²) >= 11 is 0. The monoisotopic (exact) mass is 334 g/mol. The van der Waals surface area contributed by atoms with E-state index in [9.17, 15) is 0 Å². The molecule has 0 aliphatic carbocycles. The summed E-state index contributed by atoms with van der Waals surface area (Å²) in [6, 6.07) is 0. The Kier molecular flexibility index (Phi) is 10.6. The van der Waals surface area contributed by atoms with Crippen molar-refractivity contribution in [2.45, 2.75) is 89.9 Å². The predicted octanol–water partition coefficient (Wildman–Crippen LogP) is 4.45. The number of hydrogen-bond acceptors (Lipinski definition) is 4. The molecule has 2 aliphatic rings. The molecular formula is C20H38N4. The zero-order chi connectivity index (χ0) is 16.7. The molecule has 2 N–H and O–H groups in total. The largest absolute Gasteiger partial charge is 0.374 e. The highest BCUT2D eigenvalue weighted by atomic mass is 15.0. The highest BCUT2D eigenvalue weighted by Crippen LogP contribution is 2.12. The molecule has 2 heterocycles. The van der Waals surface area contributed by atoms with Gasteiger partial charge in [-0.05, 0) is 25.7 Å². The molecular weight excluding hydrogens is 296 g/mol. The molecule has 4 nitrogen and oxygen atoms in total. The third kappa shape index (κ3) is 9.29. The summed E-state index contributed by atoms with van der Waals surface area (Å²) in [4.78, 5) is 9.07. The second-order valence-electron chi connectivity index (χ2n) is 7.25. The van der Waals surface area contributed by atoms with Crippen molar-refractivity contribution in [2.75, 3.05) is 26.2 Å². The molecule has 0 atom stereocenters. The number of nitrogens with zero attached hydrogens (tertiary/aromatic N) is 2. The number of nitrogens with one attached hydrogen (secondary N) is 2. The molecule has 0 saturated heterocycles. The first kappa shape index (κ1) is 19.3. The molecule has 0 saturated carbocycles. The fourth-order valence-electron chi connectivity index (χ4n) is 3.50. The van der Waals surface area contributed by atoms with Crippen LogP contribution < -0.4 is 10.6 Å². The smallest absolute Gasteiger partial charge is 0.0963 e. The quantitative estimate of drug-likeness (QED) is 0.489. The van der Waals surface area contributed by atoms with Crippen molar-refractivity contribution >= 4 is 11.7 Å². The number of aliphatic imine (C=N–C) groups is 2. The first-order valence-electron chi connectivity index (χ1n) is 10.5. The van der Waals surface area contributed by atoms with Crippen molar-refractivity contribution in [2.24, 2.45) is 9.98 Å². The lowest BCUT2D eigenvalue weighted by atomic mass is 10.0. The fourth-order valence-corrected chi connectivity index (χ4v) is 3.50.